The van der Waals surface area contributed by atoms with Crippen LogP contribution in [-0.2, 0) is 4.79 Å². The third kappa shape index (κ3) is 6.64. The summed E-state index contributed by atoms with van der Waals surface area (Å²) in [5, 5.41) is 2.96. The molecule has 25 heavy (non-hydrogen) atoms. The molecule has 3 amide bonds. The lowest BCUT2D eigenvalue weighted by atomic mass is 10.1. The van der Waals surface area contributed by atoms with Crippen molar-refractivity contribution in [3.05, 3.63) is 30.3 Å². The fourth-order valence-electron chi connectivity index (χ4n) is 2.65. The van der Waals surface area contributed by atoms with E-state index in [-0.39, 0.29) is 17.5 Å². The van der Waals surface area contributed by atoms with E-state index in [0.29, 0.717) is 45.6 Å². The third-order valence-electron chi connectivity index (χ3n) is 3.95. The molecule has 6 nitrogen and oxygen atoms in total. The summed E-state index contributed by atoms with van der Waals surface area (Å²) in [5.74, 6) is 0.959. The minimum absolute atomic E-state index is 0.0594. The van der Waals surface area contributed by atoms with Gasteiger partial charge in [-0.3, -0.25) is 4.79 Å². The zero-order valence-corrected chi connectivity index (χ0v) is 15.5. The van der Waals surface area contributed by atoms with Gasteiger partial charge in [-0.15, -0.1) is 0 Å². The molecule has 0 bridgehead atoms. The van der Waals surface area contributed by atoms with Gasteiger partial charge in [0.15, 0.2) is 0 Å². The Morgan fingerprint density at radius 2 is 1.64 bits per heavy atom. The second kappa shape index (κ2) is 8.74. The van der Waals surface area contributed by atoms with Gasteiger partial charge in [-0.1, -0.05) is 18.2 Å². The highest BCUT2D eigenvalue weighted by Gasteiger charge is 2.25. The van der Waals surface area contributed by atoms with Gasteiger partial charge in [0.1, 0.15) is 5.75 Å². The molecule has 6 heteroatoms. The van der Waals surface area contributed by atoms with Crippen LogP contribution in [0.4, 0.5) is 4.79 Å². The quantitative estimate of drug-likeness (QED) is 0.833. The standard InChI is InChI=1S/C19H29N3O3/c1-19(2,3)20-18(24)22-13-11-21(12-14-22)17(23)10-7-15-25-16-8-5-4-6-9-16/h4-6,8-9H,7,10-15H2,1-3H3,(H,20,24). The lowest BCUT2D eigenvalue weighted by molar-refractivity contribution is -0.132. The van der Waals surface area contributed by atoms with Crippen LogP contribution < -0.4 is 10.1 Å². The molecule has 0 atom stereocenters. The molecule has 0 radical (unpaired) electrons. The van der Waals surface area contributed by atoms with Gasteiger partial charge in [0.25, 0.3) is 0 Å². The molecule has 1 N–H and O–H groups in total. The van der Waals surface area contributed by atoms with Crippen LogP contribution in [0.5, 0.6) is 5.75 Å². The Kier molecular flexibility index (Phi) is 6.67. The number of amides is 3. The highest BCUT2D eigenvalue weighted by molar-refractivity contribution is 5.78. The van der Waals surface area contributed by atoms with Crippen molar-refractivity contribution in [2.45, 2.75) is 39.2 Å². The smallest absolute Gasteiger partial charge is 0.317 e. The molecule has 0 aliphatic carbocycles. The van der Waals surface area contributed by atoms with Crippen LogP contribution in [-0.4, -0.2) is 60.1 Å². The van der Waals surface area contributed by atoms with Crippen LogP contribution >= 0.6 is 0 Å². The van der Waals surface area contributed by atoms with Crippen molar-refractivity contribution >= 4 is 11.9 Å². The van der Waals surface area contributed by atoms with Crippen LogP contribution in [0.15, 0.2) is 30.3 Å². The van der Waals surface area contributed by atoms with Crippen LogP contribution in [0.25, 0.3) is 0 Å². The zero-order chi connectivity index (χ0) is 18.3. The summed E-state index contributed by atoms with van der Waals surface area (Å²) < 4.78 is 5.61. The number of piperazine rings is 1. The number of ether oxygens (including phenoxy) is 1. The molecule has 2 rings (SSSR count). The van der Waals surface area contributed by atoms with Crippen molar-refractivity contribution < 1.29 is 14.3 Å². The number of rotatable bonds is 5. The molecule has 1 aromatic carbocycles. The van der Waals surface area contributed by atoms with E-state index in [1.165, 1.54) is 0 Å². The molecule has 1 saturated heterocycles. The Morgan fingerprint density at radius 1 is 1.04 bits per heavy atom. The highest BCUT2D eigenvalue weighted by atomic mass is 16.5. The molecule has 1 aromatic rings. The fraction of sp³-hybridized carbons (Fsp3) is 0.579. The Labute approximate surface area is 150 Å². The van der Waals surface area contributed by atoms with Gasteiger partial charge < -0.3 is 19.9 Å². The molecule has 1 fully saturated rings. The normalized spacial score (nSPS) is 15.0. The number of hydrogen-bond acceptors (Lipinski definition) is 3. The molecule has 0 saturated carbocycles. The number of nitrogens with one attached hydrogen (secondary N) is 1. The summed E-state index contributed by atoms with van der Waals surface area (Å²) in [4.78, 5) is 28.0. The van der Waals surface area contributed by atoms with Crippen molar-refractivity contribution in [3.8, 4) is 5.75 Å². The summed E-state index contributed by atoms with van der Waals surface area (Å²) in [5.41, 5.74) is -0.247. The number of hydrogen-bond donors (Lipinski definition) is 1. The maximum Gasteiger partial charge on any atom is 0.317 e. The van der Waals surface area contributed by atoms with E-state index in [1.54, 1.807) is 4.90 Å². The Morgan fingerprint density at radius 3 is 2.24 bits per heavy atom. The first-order valence-corrected chi connectivity index (χ1v) is 8.88. The topological polar surface area (TPSA) is 61.9 Å². The molecular weight excluding hydrogens is 318 g/mol. The van der Waals surface area contributed by atoms with Crippen LogP contribution in [0, 0.1) is 0 Å². The van der Waals surface area contributed by atoms with E-state index in [2.05, 4.69) is 5.32 Å². The molecule has 0 aromatic heterocycles. The summed E-state index contributed by atoms with van der Waals surface area (Å²) in [7, 11) is 0. The molecule has 0 spiro atoms. The van der Waals surface area contributed by atoms with Crippen molar-refractivity contribution in [1.82, 2.24) is 15.1 Å². The van der Waals surface area contributed by atoms with E-state index in [0.717, 1.165) is 5.75 Å². The lowest BCUT2D eigenvalue weighted by Gasteiger charge is -2.36. The van der Waals surface area contributed by atoms with E-state index in [9.17, 15) is 9.59 Å². The zero-order valence-electron chi connectivity index (χ0n) is 15.5. The molecule has 0 unspecified atom stereocenters. The third-order valence-corrected chi connectivity index (χ3v) is 3.95. The van der Waals surface area contributed by atoms with Crippen molar-refractivity contribution in [1.29, 1.82) is 0 Å². The second-order valence-corrected chi connectivity index (χ2v) is 7.31. The van der Waals surface area contributed by atoms with Gasteiger partial charge in [0.2, 0.25) is 5.91 Å². The maximum atomic E-state index is 12.3. The number of nitrogens with zero attached hydrogens (tertiary/aromatic N) is 2. The average Bonchev–Trinajstić information content (AvgIpc) is 2.58. The predicted molar refractivity (Wildman–Crippen MR) is 97.6 cm³/mol. The lowest BCUT2D eigenvalue weighted by Crippen LogP contribution is -2.56. The Hall–Kier alpha value is -2.24. The molecule has 1 aliphatic rings. The van der Waals surface area contributed by atoms with E-state index < -0.39 is 0 Å². The minimum Gasteiger partial charge on any atom is -0.494 e. The fourth-order valence-corrected chi connectivity index (χ4v) is 2.65. The minimum atomic E-state index is -0.247. The van der Waals surface area contributed by atoms with E-state index in [1.807, 2.05) is 56.0 Å². The van der Waals surface area contributed by atoms with E-state index in [4.69, 9.17) is 4.74 Å². The van der Waals surface area contributed by atoms with Crippen LogP contribution in [0.1, 0.15) is 33.6 Å². The monoisotopic (exact) mass is 347 g/mol. The summed E-state index contributed by atoms with van der Waals surface area (Å²) in [6.45, 7) is 8.75. The SMILES string of the molecule is CC(C)(C)NC(=O)N1CCN(C(=O)CCCOc2ccccc2)CC1. The Bertz CT molecular complexity index is 561. The summed E-state index contributed by atoms with van der Waals surface area (Å²) in [6.07, 6.45) is 1.17. The summed E-state index contributed by atoms with van der Waals surface area (Å²) in [6, 6.07) is 9.55. The van der Waals surface area contributed by atoms with Gasteiger partial charge in [0, 0.05) is 38.1 Å². The maximum absolute atomic E-state index is 12.3. The first-order chi connectivity index (χ1) is 11.8. The molecule has 138 valence electrons. The van der Waals surface area contributed by atoms with E-state index >= 15 is 0 Å². The van der Waals surface area contributed by atoms with Gasteiger partial charge in [0.05, 0.1) is 6.61 Å². The molecule has 1 heterocycles. The van der Waals surface area contributed by atoms with Crippen molar-refractivity contribution in [2.75, 3.05) is 32.8 Å². The second-order valence-electron chi connectivity index (χ2n) is 7.31. The number of carbonyl (C=O) groups is 2. The highest BCUT2D eigenvalue weighted by Crippen LogP contribution is 2.10. The Balaban J connectivity index is 1.64. The predicted octanol–water partition coefficient (Wildman–Crippen LogP) is 2.50. The van der Waals surface area contributed by atoms with Gasteiger partial charge in [-0.05, 0) is 39.3 Å². The van der Waals surface area contributed by atoms with Gasteiger partial charge >= 0.3 is 6.03 Å². The average molecular weight is 347 g/mol. The van der Waals surface area contributed by atoms with Crippen LogP contribution in [0.3, 0.4) is 0 Å². The number of urea groups is 1. The molecular formula is C19H29N3O3. The number of para-hydroxylation sites is 1. The van der Waals surface area contributed by atoms with Gasteiger partial charge in [-0.2, -0.15) is 0 Å². The first-order valence-electron chi connectivity index (χ1n) is 8.88. The molecule has 1 aliphatic heterocycles. The van der Waals surface area contributed by atoms with Gasteiger partial charge in [-0.25, -0.2) is 4.79 Å². The van der Waals surface area contributed by atoms with Crippen molar-refractivity contribution in [3.63, 3.8) is 0 Å². The number of carbonyl (C=O) groups excluding carboxylic acids is 2. The van der Waals surface area contributed by atoms with Crippen LogP contribution in [0.2, 0.25) is 0 Å². The number of benzene rings is 1. The van der Waals surface area contributed by atoms with Crippen molar-refractivity contribution in [2.24, 2.45) is 0 Å². The first kappa shape index (κ1) is 19.1. The largest absolute Gasteiger partial charge is 0.494 e. The summed E-state index contributed by atoms with van der Waals surface area (Å²) >= 11 is 0.